The second-order valence-electron chi connectivity index (χ2n) is 13.3. The van der Waals surface area contributed by atoms with Crippen molar-refractivity contribution in [1.29, 1.82) is 0 Å². The maximum Gasteiger partial charge on any atom is 0.0880 e. The highest BCUT2D eigenvalue weighted by molar-refractivity contribution is 7.26. The zero-order valence-electron chi connectivity index (χ0n) is 27.9. The molecule has 0 amide bonds. The van der Waals surface area contributed by atoms with Gasteiger partial charge in [0.15, 0.2) is 0 Å². The molecule has 0 atom stereocenters. The first kappa shape index (κ1) is 29.5. The molecule has 0 bridgehead atoms. The van der Waals surface area contributed by atoms with Crippen molar-refractivity contribution in [1.82, 2.24) is 9.97 Å². The Balaban J connectivity index is 1.04. The zero-order chi connectivity index (χ0) is 34.2. The molecule has 0 saturated carbocycles. The first-order chi connectivity index (χ1) is 25.8. The van der Waals surface area contributed by atoms with Gasteiger partial charge in [0.1, 0.15) is 0 Å². The van der Waals surface area contributed by atoms with E-state index in [4.69, 9.17) is 9.97 Å². The summed E-state index contributed by atoms with van der Waals surface area (Å²) in [6, 6.07) is 57.3. The number of fused-ring (bicyclic) bond motifs is 8. The third-order valence-corrected chi connectivity index (χ3v) is 12.8. The van der Waals surface area contributed by atoms with Gasteiger partial charge in [-0.25, -0.2) is 0 Å². The van der Waals surface area contributed by atoms with Crippen LogP contribution in [-0.2, 0) is 0 Å². The fourth-order valence-corrected chi connectivity index (χ4v) is 10.5. The molecule has 7 aromatic carbocycles. The highest BCUT2D eigenvalue weighted by Gasteiger charge is 2.18. The summed E-state index contributed by atoms with van der Waals surface area (Å²) in [7, 11) is 0. The van der Waals surface area contributed by atoms with Gasteiger partial charge in [-0.2, -0.15) is 0 Å². The third kappa shape index (κ3) is 4.48. The SMILES string of the molecule is c1ccc2c(c1)sc1c(-c3ccc(-c4c5ccccc5c(-c5ccc(-c6nccc7c6sc6ccccc67)cc5)c5ccccc45)cc3)nccc12. The summed E-state index contributed by atoms with van der Waals surface area (Å²) in [6.07, 6.45) is 3.88. The van der Waals surface area contributed by atoms with E-state index in [0.29, 0.717) is 0 Å². The van der Waals surface area contributed by atoms with Gasteiger partial charge in [-0.15, -0.1) is 22.7 Å². The molecule has 0 N–H and O–H groups in total. The summed E-state index contributed by atoms with van der Waals surface area (Å²) in [6.45, 7) is 0. The van der Waals surface area contributed by atoms with Crippen molar-refractivity contribution in [2.45, 2.75) is 0 Å². The van der Waals surface area contributed by atoms with E-state index in [1.54, 1.807) is 0 Å². The Bertz CT molecular complexity index is 2900. The summed E-state index contributed by atoms with van der Waals surface area (Å²) in [5.41, 5.74) is 9.25. The Kier molecular flexibility index (Phi) is 6.63. The zero-order valence-corrected chi connectivity index (χ0v) is 29.5. The van der Waals surface area contributed by atoms with Gasteiger partial charge < -0.3 is 0 Å². The van der Waals surface area contributed by atoms with Crippen LogP contribution in [0.15, 0.2) is 170 Å². The van der Waals surface area contributed by atoms with E-state index in [1.165, 1.54) is 84.1 Å². The lowest BCUT2D eigenvalue weighted by molar-refractivity contribution is 1.37. The van der Waals surface area contributed by atoms with Crippen molar-refractivity contribution >= 4 is 84.6 Å². The van der Waals surface area contributed by atoms with Crippen LogP contribution in [0.2, 0.25) is 0 Å². The highest BCUT2D eigenvalue weighted by atomic mass is 32.1. The van der Waals surface area contributed by atoms with Crippen LogP contribution in [0.3, 0.4) is 0 Å². The average molecular weight is 697 g/mol. The number of benzene rings is 7. The normalized spacial score (nSPS) is 11.8. The number of hydrogen-bond acceptors (Lipinski definition) is 4. The van der Waals surface area contributed by atoms with E-state index in [0.717, 1.165) is 22.5 Å². The van der Waals surface area contributed by atoms with E-state index < -0.39 is 0 Å². The lowest BCUT2D eigenvalue weighted by Crippen LogP contribution is -1.91. The lowest BCUT2D eigenvalue weighted by Gasteiger charge is -2.18. The van der Waals surface area contributed by atoms with Crippen molar-refractivity contribution in [2.75, 3.05) is 0 Å². The molecule has 4 heteroatoms. The number of aromatic nitrogens is 2. The predicted molar refractivity (Wildman–Crippen MR) is 225 cm³/mol. The minimum absolute atomic E-state index is 1.04. The highest BCUT2D eigenvalue weighted by Crippen LogP contribution is 2.45. The van der Waals surface area contributed by atoms with Gasteiger partial charge in [0.25, 0.3) is 0 Å². The first-order valence-corrected chi connectivity index (χ1v) is 19.1. The summed E-state index contributed by atoms with van der Waals surface area (Å²) in [5, 5.41) is 10.1. The van der Waals surface area contributed by atoms with Gasteiger partial charge in [-0.3, -0.25) is 9.97 Å². The molecular weight excluding hydrogens is 669 g/mol. The van der Waals surface area contributed by atoms with E-state index in [-0.39, 0.29) is 0 Å². The second kappa shape index (κ2) is 11.7. The minimum atomic E-state index is 1.04. The van der Waals surface area contributed by atoms with Crippen molar-refractivity contribution < 1.29 is 0 Å². The van der Waals surface area contributed by atoms with Gasteiger partial charge >= 0.3 is 0 Å². The van der Waals surface area contributed by atoms with Gasteiger partial charge in [0.05, 0.1) is 20.8 Å². The number of nitrogens with zero attached hydrogens (tertiary/aromatic N) is 2. The quantitative estimate of drug-likeness (QED) is 0.171. The van der Waals surface area contributed by atoms with Crippen molar-refractivity contribution in [3.8, 4) is 44.8 Å². The van der Waals surface area contributed by atoms with Crippen molar-refractivity contribution in [3.63, 3.8) is 0 Å². The Morgan fingerprint density at radius 3 is 1.00 bits per heavy atom. The second-order valence-corrected chi connectivity index (χ2v) is 15.4. The molecule has 11 rings (SSSR count). The molecule has 4 heterocycles. The van der Waals surface area contributed by atoms with E-state index in [2.05, 4.69) is 158 Å². The van der Waals surface area contributed by atoms with Crippen LogP contribution in [-0.4, -0.2) is 9.97 Å². The molecular formula is C48H28N2S2. The fraction of sp³-hybridized carbons (Fsp3) is 0. The van der Waals surface area contributed by atoms with Gasteiger partial charge in [-0.1, -0.05) is 133 Å². The number of rotatable bonds is 4. The maximum absolute atomic E-state index is 4.88. The average Bonchev–Trinajstić information content (AvgIpc) is 3.79. The van der Waals surface area contributed by atoms with Crippen LogP contribution in [0.25, 0.3) is 107 Å². The van der Waals surface area contributed by atoms with Gasteiger partial charge in [0.2, 0.25) is 0 Å². The fourth-order valence-electron chi connectivity index (χ4n) is 8.05. The molecule has 0 saturated heterocycles. The molecule has 0 radical (unpaired) electrons. The number of pyridine rings is 2. The smallest absolute Gasteiger partial charge is 0.0880 e. The first-order valence-electron chi connectivity index (χ1n) is 17.5. The Hall–Kier alpha value is -6.20. The lowest BCUT2D eigenvalue weighted by atomic mass is 9.85. The van der Waals surface area contributed by atoms with Gasteiger partial charge in [0, 0.05) is 54.5 Å². The summed E-state index contributed by atoms with van der Waals surface area (Å²) in [5.74, 6) is 0. The molecule has 0 aliphatic carbocycles. The topological polar surface area (TPSA) is 25.8 Å². The molecule has 0 fully saturated rings. The van der Waals surface area contributed by atoms with Crippen LogP contribution in [0, 0.1) is 0 Å². The van der Waals surface area contributed by atoms with Crippen molar-refractivity contribution in [2.24, 2.45) is 0 Å². The summed E-state index contributed by atoms with van der Waals surface area (Å²) < 4.78 is 5.06. The van der Waals surface area contributed by atoms with E-state index in [1.807, 2.05) is 35.1 Å². The molecule has 52 heavy (non-hydrogen) atoms. The number of hydrogen-bond donors (Lipinski definition) is 0. The van der Waals surface area contributed by atoms with E-state index in [9.17, 15) is 0 Å². The predicted octanol–water partition coefficient (Wildman–Crippen LogP) is 14.2. The molecule has 2 nitrogen and oxygen atoms in total. The third-order valence-electron chi connectivity index (χ3n) is 10.4. The minimum Gasteiger partial charge on any atom is -0.255 e. The van der Waals surface area contributed by atoms with Gasteiger partial charge in [-0.05, 0) is 68.1 Å². The Labute approximate surface area is 307 Å². The maximum atomic E-state index is 4.88. The summed E-state index contributed by atoms with van der Waals surface area (Å²) >= 11 is 3.64. The number of thiophene rings is 2. The Morgan fingerprint density at radius 2 is 0.615 bits per heavy atom. The largest absolute Gasteiger partial charge is 0.255 e. The molecule has 242 valence electrons. The van der Waals surface area contributed by atoms with Crippen LogP contribution in [0.5, 0.6) is 0 Å². The molecule has 11 aromatic rings. The molecule has 4 aromatic heterocycles. The molecule has 0 unspecified atom stereocenters. The Morgan fingerprint density at radius 1 is 0.288 bits per heavy atom. The monoisotopic (exact) mass is 696 g/mol. The molecule has 0 spiro atoms. The summed E-state index contributed by atoms with van der Waals surface area (Å²) in [4.78, 5) is 9.75. The van der Waals surface area contributed by atoms with Crippen LogP contribution >= 0.6 is 22.7 Å². The van der Waals surface area contributed by atoms with Crippen LogP contribution in [0.4, 0.5) is 0 Å². The van der Waals surface area contributed by atoms with Crippen LogP contribution in [0.1, 0.15) is 0 Å². The van der Waals surface area contributed by atoms with Crippen LogP contribution < -0.4 is 0 Å². The van der Waals surface area contributed by atoms with Crippen molar-refractivity contribution in [3.05, 3.63) is 170 Å². The van der Waals surface area contributed by atoms with E-state index >= 15 is 0 Å². The standard InChI is InChI=1S/C48H28N2S2/c1-2-12-36-35(11-1)43(29-17-21-31(22-18-29)45-47-39(25-27-49-45)33-9-5-7-15-41(33)51-47)37-13-3-4-14-38(37)44(36)30-19-23-32(24-20-30)46-48-40(26-28-50-46)34-10-6-8-16-42(34)52-48/h1-28H. The molecule has 0 aliphatic rings. The molecule has 0 aliphatic heterocycles.